The number of carbonyl (C=O) groups is 3. The smallest absolute Gasteiger partial charge is 0.339 e. The van der Waals surface area contributed by atoms with Crippen LogP contribution in [-0.4, -0.2) is 48.6 Å². The van der Waals surface area contributed by atoms with Crippen LogP contribution in [0, 0.1) is 0 Å². The van der Waals surface area contributed by atoms with Gasteiger partial charge in [0.1, 0.15) is 0 Å². The molecule has 0 aliphatic heterocycles. The van der Waals surface area contributed by atoms with Gasteiger partial charge in [0.05, 0.1) is 35.5 Å². The van der Waals surface area contributed by atoms with Crippen LogP contribution in [0.1, 0.15) is 27.6 Å². The fraction of sp³-hybridized carbons (Fsp3) is 0.250. The molecule has 0 fully saturated rings. The average molecular weight is 434 g/mol. The van der Waals surface area contributed by atoms with Crippen molar-refractivity contribution in [3.8, 4) is 11.5 Å². The van der Waals surface area contributed by atoms with Crippen molar-refractivity contribution in [2.75, 3.05) is 26.6 Å². The van der Waals surface area contributed by atoms with Crippen molar-refractivity contribution in [2.24, 2.45) is 0 Å². The molecule has 0 saturated carbocycles. The Morgan fingerprint density at radius 1 is 0.967 bits per heavy atom. The normalized spacial score (nSPS) is 11.2. The summed E-state index contributed by atoms with van der Waals surface area (Å²) >= 11 is 0. The molecule has 1 atom stereocenters. The van der Waals surface area contributed by atoms with Crippen molar-refractivity contribution < 1.29 is 32.8 Å². The van der Waals surface area contributed by atoms with E-state index in [9.17, 15) is 18.6 Å². The van der Waals surface area contributed by atoms with Crippen LogP contribution >= 0.6 is 0 Å². The first-order valence-corrected chi connectivity index (χ1v) is 10.2. The summed E-state index contributed by atoms with van der Waals surface area (Å²) in [5.74, 6) is -0.977. The minimum atomic E-state index is -1.35. The molecule has 2 N–H and O–H groups in total. The van der Waals surface area contributed by atoms with Gasteiger partial charge in [0, 0.05) is 11.3 Å². The second-order valence-electron chi connectivity index (χ2n) is 5.78. The molecule has 0 bridgehead atoms. The maximum absolute atomic E-state index is 12.2. The fourth-order valence-corrected chi connectivity index (χ4v) is 3.35. The van der Waals surface area contributed by atoms with E-state index in [-0.39, 0.29) is 11.1 Å². The SMILES string of the molecule is CCS(=O)c1ccccc1C(=O)OCC(=O)NNC(=O)c1ccc(OC)c(OC)c1. The highest BCUT2D eigenvalue weighted by molar-refractivity contribution is 7.85. The molecule has 0 aliphatic carbocycles. The van der Waals surface area contributed by atoms with Crippen LogP contribution in [0.15, 0.2) is 47.4 Å². The second kappa shape index (κ2) is 11.0. The maximum Gasteiger partial charge on any atom is 0.339 e. The summed E-state index contributed by atoms with van der Waals surface area (Å²) in [6.07, 6.45) is 0. The van der Waals surface area contributed by atoms with Gasteiger partial charge < -0.3 is 14.2 Å². The summed E-state index contributed by atoms with van der Waals surface area (Å²) in [5.41, 5.74) is 4.72. The van der Waals surface area contributed by atoms with Crippen LogP contribution in [0.3, 0.4) is 0 Å². The van der Waals surface area contributed by atoms with Crippen molar-refractivity contribution in [1.82, 2.24) is 10.9 Å². The quantitative estimate of drug-likeness (QED) is 0.477. The number of amides is 2. The number of esters is 1. The molecule has 2 rings (SSSR count). The maximum atomic E-state index is 12.2. The lowest BCUT2D eigenvalue weighted by atomic mass is 10.2. The molecule has 30 heavy (non-hydrogen) atoms. The van der Waals surface area contributed by atoms with Crippen LogP contribution in [0.2, 0.25) is 0 Å². The summed E-state index contributed by atoms with van der Waals surface area (Å²) in [6.45, 7) is 1.10. The third-order valence-electron chi connectivity index (χ3n) is 3.91. The molecular weight excluding hydrogens is 412 g/mol. The summed E-state index contributed by atoms with van der Waals surface area (Å²) in [6, 6.07) is 10.8. The number of hydrogen-bond acceptors (Lipinski definition) is 7. The van der Waals surface area contributed by atoms with Crippen LogP contribution in [0.4, 0.5) is 0 Å². The van der Waals surface area contributed by atoms with Crippen molar-refractivity contribution in [3.63, 3.8) is 0 Å². The lowest BCUT2D eigenvalue weighted by Crippen LogP contribution is -2.43. The number of benzene rings is 2. The van der Waals surface area contributed by atoms with Gasteiger partial charge in [0.15, 0.2) is 18.1 Å². The highest BCUT2D eigenvalue weighted by Gasteiger charge is 2.17. The summed E-state index contributed by atoms with van der Waals surface area (Å²) < 4.78 is 27.2. The lowest BCUT2D eigenvalue weighted by molar-refractivity contribution is -0.125. The number of methoxy groups -OCH3 is 2. The third-order valence-corrected chi connectivity index (χ3v) is 5.28. The number of nitrogens with one attached hydrogen (secondary N) is 2. The zero-order valence-corrected chi connectivity index (χ0v) is 17.5. The standard InChI is InChI=1S/C20H22N2O7S/c1-4-30(26)17-8-6-5-7-14(17)20(25)29-12-18(23)21-22-19(24)13-9-10-15(27-2)16(11-13)28-3/h5-11H,4,12H2,1-3H3,(H,21,23)(H,22,24). The molecule has 10 heteroatoms. The molecule has 0 aliphatic rings. The van der Waals surface area contributed by atoms with Gasteiger partial charge in [-0.05, 0) is 30.3 Å². The molecule has 2 aromatic rings. The monoisotopic (exact) mass is 434 g/mol. The number of rotatable bonds is 8. The first-order chi connectivity index (χ1) is 14.4. The van der Waals surface area contributed by atoms with Gasteiger partial charge in [0.2, 0.25) is 0 Å². The van der Waals surface area contributed by atoms with Gasteiger partial charge in [-0.2, -0.15) is 0 Å². The minimum absolute atomic E-state index is 0.125. The van der Waals surface area contributed by atoms with Crippen molar-refractivity contribution in [3.05, 3.63) is 53.6 Å². The minimum Gasteiger partial charge on any atom is -0.493 e. The lowest BCUT2D eigenvalue weighted by Gasteiger charge is -2.11. The Balaban J connectivity index is 1.91. The Labute approximate surface area is 176 Å². The topological polar surface area (TPSA) is 120 Å². The van der Waals surface area contributed by atoms with Gasteiger partial charge in [-0.25, -0.2) is 4.79 Å². The van der Waals surface area contributed by atoms with E-state index in [1.54, 1.807) is 31.2 Å². The molecular formula is C20H22N2O7S. The number of hydrazine groups is 1. The molecule has 1 unspecified atom stereocenters. The second-order valence-corrected chi connectivity index (χ2v) is 7.49. The molecule has 0 radical (unpaired) electrons. The van der Waals surface area contributed by atoms with E-state index in [1.165, 1.54) is 32.4 Å². The number of hydrogen-bond donors (Lipinski definition) is 2. The molecule has 0 aromatic heterocycles. The first kappa shape index (κ1) is 22.9. The van der Waals surface area contributed by atoms with Crippen LogP contribution in [0.25, 0.3) is 0 Å². The molecule has 160 valence electrons. The van der Waals surface area contributed by atoms with Gasteiger partial charge in [-0.3, -0.25) is 24.6 Å². The zero-order chi connectivity index (χ0) is 22.1. The third kappa shape index (κ3) is 5.80. The van der Waals surface area contributed by atoms with E-state index in [0.29, 0.717) is 22.1 Å². The van der Waals surface area contributed by atoms with E-state index in [4.69, 9.17) is 14.2 Å². The van der Waals surface area contributed by atoms with Gasteiger partial charge in [0.25, 0.3) is 11.8 Å². The van der Waals surface area contributed by atoms with Crippen LogP contribution in [0.5, 0.6) is 11.5 Å². The van der Waals surface area contributed by atoms with E-state index in [1.807, 2.05) is 0 Å². The molecule has 9 nitrogen and oxygen atoms in total. The fourth-order valence-electron chi connectivity index (χ4n) is 2.41. The highest BCUT2D eigenvalue weighted by Crippen LogP contribution is 2.27. The predicted molar refractivity (Wildman–Crippen MR) is 109 cm³/mol. The van der Waals surface area contributed by atoms with Crippen LogP contribution < -0.4 is 20.3 Å². The van der Waals surface area contributed by atoms with Crippen molar-refractivity contribution in [1.29, 1.82) is 0 Å². The summed E-state index contributed by atoms with van der Waals surface area (Å²) in [4.78, 5) is 36.6. The largest absolute Gasteiger partial charge is 0.493 e. The van der Waals surface area contributed by atoms with E-state index < -0.39 is 35.2 Å². The Hall–Kier alpha value is -3.40. The average Bonchev–Trinajstić information content (AvgIpc) is 2.79. The van der Waals surface area contributed by atoms with Crippen molar-refractivity contribution >= 4 is 28.6 Å². The Bertz CT molecular complexity index is 962. The molecule has 0 saturated heterocycles. The zero-order valence-electron chi connectivity index (χ0n) is 16.7. The Morgan fingerprint density at radius 2 is 1.67 bits per heavy atom. The number of carbonyl (C=O) groups excluding carboxylic acids is 3. The Morgan fingerprint density at radius 3 is 2.33 bits per heavy atom. The van der Waals surface area contributed by atoms with Crippen molar-refractivity contribution in [2.45, 2.75) is 11.8 Å². The van der Waals surface area contributed by atoms with E-state index >= 15 is 0 Å². The predicted octanol–water partition coefficient (Wildman–Crippen LogP) is 1.45. The van der Waals surface area contributed by atoms with Gasteiger partial charge in [-0.15, -0.1) is 0 Å². The van der Waals surface area contributed by atoms with E-state index in [0.717, 1.165) is 0 Å². The molecule has 2 amide bonds. The summed E-state index contributed by atoms with van der Waals surface area (Å²) in [5, 5.41) is 0. The molecule has 2 aromatic carbocycles. The first-order valence-electron chi connectivity index (χ1n) is 8.87. The number of ether oxygens (including phenoxy) is 3. The Kier molecular flexibility index (Phi) is 8.36. The van der Waals surface area contributed by atoms with E-state index in [2.05, 4.69) is 10.9 Å². The van der Waals surface area contributed by atoms with Gasteiger partial charge >= 0.3 is 5.97 Å². The molecule has 0 heterocycles. The highest BCUT2D eigenvalue weighted by atomic mass is 32.2. The summed E-state index contributed by atoms with van der Waals surface area (Å²) in [7, 11) is 1.55. The molecule has 0 spiro atoms. The van der Waals surface area contributed by atoms with Crippen LogP contribution in [-0.2, 0) is 20.3 Å². The van der Waals surface area contributed by atoms with Gasteiger partial charge in [-0.1, -0.05) is 19.1 Å².